The van der Waals surface area contributed by atoms with Crippen molar-refractivity contribution in [2.45, 2.75) is 44.1 Å². The first-order valence-corrected chi connectivity index (χ1v) is 10.4. The number of methoxy groups -OCH3 is 2. The SMILES string of the molecule is COc1ccc(NC(=S)NC2(CCc3ccccc3Cl)CCCC2)cc1OC. The van der Waals surface area contributed by atoms with Crippen LogP contribution in [0.1, 0.15) is 37.7 Å². The Morgan fingerprint density at radius 3 is 2.46 bits per heavy atom. The zero-order chi connectivity index (χ0) is 20.0. The summed E-state index contributed by atoms with van der Waals surface area (Å²) in [7, 11) is 3.25. The van der Waals surface area contributed by atoms with Crippen molar-refractivity contribution in [3.05, 3.63) is 53.1 Å². The van der Waals surface area contributed by atoms with E-state index >= 15 is 0 Å². The molecule has 4 nitrogen and oxygen atoms in total. The monoisotopic (exact) mass is 418 g/mol. The van der Waals surface area contributed by atoms with Crippen LogP contribution in [0.4, 0.5) is 5.69 Å². The van der Waals surface area contributed by atoms with Crippen LogP contribution in [-0.4, -0.2) is 24.9 Å². The molecule has 1 aliphatic rings. The quantitative estimate of drug-likeness (QED) is 0.574. The van der Waals surface area contributed by atoms with Gasteiger partial charge >= 0.3 is 0 Å². The highest BCUT2D eigenvalue weighted by Gasteiger charge is 2.34. The molecular weight excluding hydrogens is 392 g/mol. The first-order valence-electron chi connectivity index (χ1n) is 9.60. The molecule has 0 amide bonds. The van der Waals surface area contributed by atoms with Gasteiger partial charge in [-0.1, -0.05) is 42.6 Å². The van der Waals surface area contributed by atoms with E-state index in [-0.39, 0.29) is 5.54 Å². The number of thiocarbonyl (C=S) groups is 1. The number of hydrogen-bond acceptors (Lipinski definition) is 3. The van der Waals surface area contributed by atoms with Crippen molar-refractivity contribution in [3.63, 3.8) is 0 Å². The first kappa shape index (κ1) is 20.7. The van der Waals surface area contributed by atoms with Gasteiger partial charge in [0.25, 0.3) is 0 Å². The summed E-state index contributed by atoms with van der Waals surface area (Å²) in [4.78, 5) is 0. The van der Waals surface area contributed by atoms with Crippen molar-refractivity contribution in [1.82, 2.24) is 5.32 Å². The van der Waals surface area contributed by atoms with Crippen LogP contribution in [0.25, 0.3) is 0 Å². The number of nitrogens with one attached hydrogen (secondary N) is 2. The summed E-state index contributed by atoms with van der Waals surface area (Å²) in [5, 5.41) is 8.36. The number of benzene rings is 2. The second-order valence-corrected chi connectivity index (χ2v) is 8.04. The molecule has 2 aromatic rings. The number of hydrogen-bond donors (Lipinski definition) is 2. The lowest BCUT2D eigenvalue weighted by Gasteiger charge is -2.32. The maximum Gasteiger partial charge on any atom is 0.171 e. The molecule has 0 aromatic heterocycles. The standard InChI is InChI=1S/C22H27ClN2O2S/c1-26-19-10-9-17(15-20(19)27-2)24-21(28)25-22(12-5-6-13-22)14-11-16-7-3-4-8-18(16)23/h3-4,7-10,15H,5-6,11-14H2,1-2H3,(H2,24,25,28). The van der Waals surface area contributed by atoms with E-state index in [4.69, 9.17) is 33.3 Å². The predicted molar refractivity (Wildman–Crippen MR) is 120 cm³/mol. The molecule has 0 unspecified atom stereocenters. The fourth-order valence-electron chi connectivity index (χ4n) is 3.88. The number of halogens is 1. The minimum atomic E-state index is 0.0137. The largest absolute Gasteiger partial charge is 0.493 e. The van der Waals surface area contributed by atoms with E-state index in [0.717, 1.165) is 36.4 Å². The van der Waals surface area contributed by atoms with E-state index in [1.54, 1.807) is 14.2 Å². The molecule has 0 aliphatic heterocycles. The van der Waals surface area contributed by atoms with Gasteiger partial charge in [0.2, 0.25) is 0 Å². The zero-order valence-electron chi connectivity index (χ0n) is 16.4. The summed E-state index contributed by atoms with van der Waals surface area (Å²) in [6.07, 6.45) is 6.61. The number of anilines is 1. The van der Waals surface area contributed by atoms with E-state index in [1.807, 2.05) is 36.4 Å². The van der Waals surface area contributed by atoms with Gasteiger partial charge in [0, 0.05) is 22.3 Å². The normalized spacial score (nSPS) is 15.1. The van der Waals surface area contributed by atoms with Crippen LogP contribution in [0.2, 0.25) is 5.02 Å². The fourth-order valence-corrected chi connectivity index (χ4v) is 4.45. The van der Waals surface area contributed by atoms with Gasteiger partial charge in [-0.15, -0.1) is 0 Å². The van der Waals surface area contributed by atoms with E-state index in [2.05, 4.69) is 16.7 Å². The van der Waals surface area contributed by atoms with Crippen LogP contribution in [0.5, 0.6) is 11.5 Å². The van der Waals surface area contributed by atoms with E-state index in [1.165, 1.54) is 18.4 Å². The van der Waals surface area contributed by atoms with Crippen molar-refractivity contribution in [1.29, 1.82) is 0 Å². The third kappa shape index (κ3) is 5.09. The highest BCUT2D eigenvalue weighted by atomic mass is 35.5. The molecule has 0 bridgehead atoms. The minimum absolute atomic E-state index is 0.0137. The molecule has 0 saturated heterocycles. The average Bonchev–Trinajstić information content (AvgIpc) is 3.15. The van der Waals surface area contributed by atoms with Crippen LogP contribution in [0, 0.1) is 0 Å². The van der Waals surface area contributed by atoms with Gasteiger partial charge in [0.05, 0.1) is 14.2 Å². The summed E-state index contributed by atoms with van der Waals surface area (Å²) < 4.78 is 10.7. The number of ether oxygens (including phenoxy) is 2. The molecule has 0 atom stereocenters. The second kappa shape index (κ2) is 9.48. The van der Waals surface area contributed by atoms with Crippen molar-refractivity contribution in [3.8, 4) is 11.5 Å². The highest BCUT2D eigenvalue weighted by Crippen LogP contribution is 2.35. The molecule has 2 N–H and O–H groups in total. The molecule has 2 aromatic carbocycles. The van der Waals surface area contributed by atoms with Gasteiger partial charge in [-0.2, -0.15) is 0 Å². The van der Waals surface area contributed by atoms with Crippen LogP contribution in [0.3, 0.4) is 0 Å². The van der Waals surface area contributed by atoms with Crippen molar-refractivity contribution in [2.24, 2.45) is 0 Å². The van der Waals surface area contributed by atoms with Gasteiger partial charge in [0.1, 0.15) is 0 Å². The van der Waals surface area contributed by atoms with E-state index in [0.29, 0.717) is 16.6 Å². The van der Waals surface area contributed by atoms with Crippen LogP contribution >= 0.6 is 23.8 Å². The summed E-state index contributed by atoms with van der Waals surface area (Å²) in [6.45, 7) is 0. The molecule has 28 heavy (non-hydrogen) atoms. The first-order chi connectivity index (χ1) is 13.5. The Bertz CT molecular complexity index is 822. The van der Waals surface area contributed by atoms with Crippen molar-refractivity contribution in [2.75, 3.05) is 19.5 Å². The molecule has 1 saturated carbocycles. The predicted octanol–water partition coefficient (Wildman–Crippen LogP) is 5.59. The fraction of sp³-hybridized carbons (Fsp3) is 0.409. The van der Waals surface area contributed by atoms with Crippen LogP contribution < -0.4 is 20.1 Å². The third-order valence-corrected chi connectivity index (χ3v) is 5.98. The Kier molecular flexibility index (Phi) is 7.03. The molecule has 3 rings (SSSR count). The molecule has 0 heterocycles. The summed E-state index contributed by atoms with van der Waals surface area (Å²) in [6, 6.07) is 13.8. The lowest BCUT2D eigenvalue weighted by atomic mass is 9.89. The molecular formula is C22H27ClN2O2S. The van der Waals surface area contributed by atoms with E-state index < -0.39 is 0 Å². The Morgan fingerprint density at radius 2 is 1.79 bits per heavy atom. The Morgan fingerprint density at radius 1 is 1.07 bits per heavy atom. The molecule has 0 spiro atoms. The highest BCUT2D eigenvalue weighted by molar-refractivity contribution is 7.80. The van der Waals surface area contributed by atoms with Crippen LogP contribution in [-0.2, 0) is 6.42 Å². The number of aryl methyl sites for hydroxylation is 1. The van der Waals surface area contributed by atoms with Gasteiger partial charge in [-0.3, -0.25) is 0 Å². The lowest BCUT2D eigenvalue weighted by molar-refractivity contribution is 0.355. The topological polar surface area (TPSA) is 42.5 Å². The maximum absolute atomic E-state index is 6.34. The Balaban J connectivity index is 1.65. The van der Waals surface area contributed by atoms with E-state index in [9.17, 15) is 0 Å². The molecule has 0 radical (unpaired) electrons. The van der Waals surface area contributed by atoms with Gasteiger partial charge in [-0.25, -0.2) is 0 Å². The minimum Gasteiger partial charge on any atom is -0.493 e. The van der Waals surface area contributed by atoms with Crippen molar-refractivity contribution < 1.29 is 9.47 Å². The van der Waals surface area contributed by atoms with Crippen molar-refractivity contribution >= 4 is 34.6 Å². The zero-order valence-corrected chi connectivity index (χ0v) is 18.0. The summed E-state index contributed by atoms with van der Waals surface area (Å²) >= 11 is 12.0. The second-order valence-electron chi connectivity index (χ2n) is 7.23. The molecule has 150 valence electrons. The lowest BCUT2D eigenvalue weighted by Crippen LogP contribution is -2.48. The van der Waals surface area contributed by atoms with Gasteiger partial charge < -0.3 is 20.1 Å². The average molecular weight is 419 g/mol. The molecule has 1 aliphatic carbocycles. The Hall–Kier alpha value is -1.98. The smallest absolute Gasteiger partial charge is 0.171 e. The van der Waals surface area contributed by atoms with Crippen LogP contribution in [0.15, 0.2) is 42.5 Å². The van der Waals surface area contributed by atoms with Gasteiger partial charge in [0.15, 0.2) is 16.6 Å². The number of rotatable bonds is 7. The molecule has 6 heteroatoms. The third-order valence-electron chi connectivity index (χ3n) is 5.41. The summed E-state index contributed by atoms with van der Waals surface area (Å²) in [5.74, 6) is 1.36. The summed E-state index contributed by atoms with van der Waals surface area (Å²) in [5.41, 5.74) is 2.07. The molecule has 1 fully saturated rings. The van der Waals surface area contributed by atoms with Gasteiger partial charge in [-0.05, 0) is 61.7 Å². The maximum atomic E-state index is 6.34. The Labute approximate surface area is 177 Å².